The van der Waals surface area contributed by atoms with Crippen LogP contribution in [0, 0.1) is 0 Å². The summed E-state index contributed by atoms with van der Waals surface area (Å²) in [7, 11) is 0. The van der Waals surface area contributed by atoms with Crippen LogP contribution in [0.4, 0.5) is 19.1 Å². The number of rotatable bonds is 4. The van der Waals surface area contributed by atoms with Crippen LogP contribution in [-0.4, -0.2) is 48.7 Å². The van der Waals surface area contributed by atoms with Gasteiger partial charge in [-0.3, -0.25) is 4.40 Å². The molecule has 0 unspecified atom stereocenters. The molecule has 5 aromatic rings. The van der Waals surface area contributed by atoms with Crippen molar-refractivity contribution in [2.45, 2.75) is 24.6 Å². The van der Waals surface area contributed by atoms with Gasteiger partial charge >= 0.3 is 6.18 Å². The molecule has 11 heteroatoms. The van der Waals surface area contributed by atoms with Crippen LogP contribution in [0.3, 0.4) is 0 Å². The van der Waals surface area contributed by atoms with E-state index >= 15 is 0 Å². The van der Waals surface area contributed by atoms with Crippen molar-refractivity contribution in [1.29, 1.82) is 0 Å². The highest BCUT2D eigenvalue weighted by Gasteiger charge is 2.36. The molecule has 4 aromatic heterocycles. The zero-order valence-electron chi connectivity index (χ0n) is 18.4. The number of aromatic nitrogens is 6. The molecule has 1 fully saturated rings. The van der Waals surface area contributed by atoms with Gasteiger partial charge in [-0.05, 0) is 24.6 Å². The SMILES string of the molecule is FC(F)(F)c1cnc(N[C@@H]2CNC[C@H](c3nnc4ccccn34)C2)nc1-c1c[nH]c2ccccc12. The number of anilines is 1. The van der Waals surface area contributed by atoms with Gasteiger partial charge in [-0.25, -0.2) is 9.97 Å². The van der Waals surface area contributed by atoms with E-state index in [0.717, 1.165) is 29.7 Å². The van der Waals surface area contributed by atoms with Crippen LogP contribution < -0.4 is 10.6 Å². The lowest BCUT2D eigenvalue weighted by atomic mass is 9.95. The van der Waals surface area contributed by atoms with Crippen LogP contribution in [0.5, 0.6) is 0 Å². The lowest BCUT2D eigenvalue weighted by Gasteiger charge is -2.29. The van der Waals surface area contributed by atoms with E-state index in [1.54, 1.807) is 18.3 Å². The van der Waals surface area contributed by atoms with Crippen molar-refractivity contribution in [3.05, 3.63) is 72.4 Å². The van der Waals surface area contributed by atoms with Gasteiger partial charge in [-0.1, -0.05) is 24.3 Å². The van der Waals surface area contributed by atoms with Gasteiger partial charge in [0.15, 0.2) is 5.65 Å². The number of alkyl halides is 3. The van der Waals surface area contributed by atoms with Crippen LogP contribution in [0.2, 0.25) is 0 Å². The normalized spacial score (nSPS) is 18.8. The zero-order valence-corrected chi connectivity index (χ0v) is 18.4. The Morgan fingerprint density at radius 1 is 1.03 bits per heavy atom. The van der Waals surface area contributed by atoms with Gasteiger partial charge in [0.1, 0.15) is 11.4 Å². The predicted octanol–water partition coefficient (Wildman–Crippen LogP) is 4.24. The maximum atomic E-state index is 13.8. The molecular formula is C24H21F3N8. The van der Waals surface area contributed by atoms with Crippen molar-refractivity contribution in [2.75, 3.05) is 18.4 Å². The predicted molar refractivity (Wildman–Crippen MR) is 125 cm³/mol. The first-order valence-electron chi connectivity index (χ1n) is 11.2. The van der Waals surface area contributed by atoms with E-state index < -0.39 is 11.7 Å². The number of nitrogens with one attached hydrogen (secondary N) is 3. The Morgan fingerprint density at radius 2 is 1.89 bits per heavy atom. The first kappa shape index (κ1) is 21.5. The number of pyridine rings is 1. The van der Waals surface area contributed by atoms with Gasteiger partial charge in [0.25, 0.3) is 0 Å². The summed E-state index contributed by atoms with van der Waals surface area (Å²) in [6.45, 7) is 1.35. The van der Waals surface area contributed by atoms with Crippen molar-refractivity contribution < 1.29 is 13.2 Å². The van der Waals surface area contributed by atoms with Gasteiger partial charge < -0.3 is 15.6 Å². The molecule has 1 aromatic carbocycles. The van der Waals surface area contributed by atoms with E-state index in [9.17, 15) is 13.2 Å². The first-order valence-corrected chi connectivity index (χ1v) is 11.2. The molecule has 1 aliphatic rings. The van der Waals surface area contributed by atoms with E-state index in [1.807, 2.05) is 40.9 Å². The Bertz CT molecular complexity index is 1510. The maximum absolute atomic E-state index is 13.8. The number of piperidine rings is 1. The van der Waals surface area contributed by atoms with E-state index in [4.69, 9.17) is 0 Å². The second-order valence-electron chi connectivity index (χ2n) is 8.62. The molecule has 2 atom stereocenters. The fourth-order valence-corrected chi connectivity index (χ4v) is 4.70. The van der Waals surface area contributed by atoms with Crippen LogP contribution in [0.25, 0.3) is 27.8 Å². The number of H-pyrrole nitrogens is 1. The third-order valence-corrected chi connectivity index (χ3v) is 6.33. The Morgan fingerprint density at radius 3 is 2.77 bits per heavy atom. The molecule has 8 nitrogen and oxygen atoms in total. The highest BCUT2D eigenvalue weighted by atomic mass is 19.4. The molecule has 6 rings (SSSR count). The molecule has 1 aliphatic heterocycles. The van der Waals surface area contributed by atoms with Gasteiger partial charge in [0, 0.05) is 60.1 Å². The number of para-hydroxylation sites is 1. The number of hydrogen-bond acceptors (Lipinski definition) is 6. The number of aromatic amines is 1. The average molecular weight is 478 g/mol. The molecule has 3 N–H and O–H groups in total. The van der Waals surface area contributed by atoms with Crippen molar-refractivity contribution in [2.24, 2.45) is 0 Å². The van der Waals surface area contributed by atoms with Crippen LogP contribution >= 0.6 is 0 Å². The summed E-state index contributed by atoms with van der Waals surface area (Å²) < 4.78 is 43.4. The molecule has 0 spiro atoms. The van der Waals surface area contributed by atoms with E-state index in [2.05, 4.69) is 35.8 Å². The lowest BCUT2D eigenvalue weighted by molar-refractivity contribution is -0.137. The van der Waals surface area contributed by atoms with E-state index in [-0.39, 0.29) is 23.6 Å². The molecule has 0 bridgehead atoms. The molecule has 5 heterocycles. The van der Waals surface area contributed by atoms with Gasteiger partial charge in [0.2, 0.25) is 5.95 Å². The largest absolute Gasteiger partial charge is 0.419 e. The molecular weight excluding hydrogens is 457 g/mol. The second-order valence-corrected chi connectivity index (χ2v) is 8.62. The topological polar surface area (TPSA) is 95.8 Å². The van der Waals surface area contributed by atoms with E-state index in [1.165, 1.54) is 0 Å². The zero-order chi connectivity index (χ0) is 24.0. The Labute approximate surface area is 197 Å². The minimum atomic E-state index is -4.58. The first-order chi connectivity index (χ1) is 17.0. The molecule has 0 aliphatic carbocycles. The number of halogens is 3. The van der Waals surface area contributed by atoms with Crippen LogP contribution in [0.1, 0.15) is 23.7 Å². The third kappa shape index (κ3) is 3.97. The maximum Gasteiger partial charge on any atom is 0.419 e. The van der Waals surface area contributed by atoms with E-state index in [0.29, 0.717) is 23.9 Å². The summed E-state index contributed by atoms with van der Waals surface area (Å²) >= 11 is 0. The van der Waals surface area contributed by atoms with Crippen molar-refractivity contribution in [1.82, 2.24) is 34.9 Å². The van der Waals surface area contributed by atoms with Crippen LogP contribution in [-0.2, 0) is 6.18 Å². The highest BCUT2D eigenvalue weighted by Crippen LogP contribution is 2.38. The lowest BCUT2D eigenvalue weighted by Crippen LogP contribution is -2.43. The molecule has 0 radical (unpaired) electrons. The molecule has 35 heavy (non-hydrogen) atoms. The summed E-state index contributed by atoms with van der Waals surface area (Å²) in [5.41, 5.74) is 0.863. The van der Waals surface area contributed by atoms with Crippen LogP contribution in [0.15, 0.2) is 61.1 Å². The van der Waals surface area contributed by atoms with Gasteiger partial charge in [-0.15, -0.1) is 10.2 Å². The number of hydrogen-bond donors (Lipinski definition) is 3. The number of benzene rings is 1. The molecule has 0 saturated carbocycles. The monoisotopic (exact) mass is 478 g/mol. The second kappa shape index (κ2) is 8.35. The summed E-state index contributed by atoms with van der Waals surface area (Å²) in [4.78, 5) is 11.4. The molecule has 0 amide bonds. The quantitative estimate of drug-likeness (QED) is 0.358. The number of fused-ring (bicyclic) bond motifs is 2. The standard InChI is InChI=1S/C24H21F3N8/c25-24(26,27)18-13-30-23(32-21(18)17-12-29-19-6-2-1-5-16(17)19)31-15-9-14(10-28-11-15)22-34-33-20-7-3-4-8-35(20)22/h1-8,12-15,28-29H,9-11H2,(H,30,31,32)/t14-,15+/m1/s1. The molecule has 178 valence electrons. The Balaban J connectivity index is 1.31. The summed E-state index contributed by atoms with van der Waals surface area (Å²) in [5, 5.41) is 15.9. The fourth-order valence-electron chi connectivity index (χ4n) is 4.70. The van der Waals surface area contributed by atoms with Crippen molar-refractivity contribution >= 4 is 22.5 Å². The minimum Gasteiger partial charge on any atom is -0.360 e. The minimum absolute atomic E-state index is 0.0705. The highest BCUT2D eigenvalue weighted by molar-refractivity contribution is 5.95. The fraction of sp³-hybridized carbons (Fsp3) is 0.250. The summed E-state index contributed by atoms with van der Waals surface area (Å²) in [6.07, 6.45) is 0.453. The Hall–Kier alpha value is -3.99. The smallest absolute Gasteiger partial charge is 0.360 e. The summed E-state index contributed by atoms with van der Waals surface area (Å²) in [6, 6.07) is 12.8. The van der Waals surface area contributed by atoms with Gasteiger partial charge in [0.05, 0.1) is 5.69 Å². The van der Waals surface area contributed by atoms with Crippen molar-refractivity contribution in [3.8, 4) is 11.3 Å². The Kier molecular flexibility index (Phi) is 5.14. The summed E-state index contributed by atoms with van der Waals surface area (Å²) in [5.74, 6) is 1.06. The molecule has 1 saturated heterocycles. The van der Waals surface area contributed by atoms with Crippen molar-refractivity contribution in [3.63, 3.8) is 0 Å². The number of nitrogens with zero attached hydrogens (tertiary/aromatic N) is 5. The third-order valence-electron chi connectivity index (χ3n) is 6.33. The average Bonchev–Trinajstić information content (AvgIpc) is 3.48. The van der Waals surface area contributed by atoms with Gasteiger partial charge in [-0.2, -0.15) is 13.2 Å².